The second-order valence-electron chi connectivity index (χ2n) is 3.20. The van der Waals surface area contributed by atoms with Crippen LogP contribution >= 0.6 is 0 Å². The molecule has 1 rings (SSSR count). The molecule has 0 aliphatic heterocycles. The van der Waals surface area contributed by atoms with E-state index in [0.717, 1.165) is 0 Å². The molecule has 102 valence electrons. The van der Waals surface area contributed by atoms with Gasteiger partial charge in [0, 0.05) is 12.4 Å². The van der Waals surface area contributed by atoms with E-state index in [1.807, 2.05) is 0 Å². The van der Waals surface area contributed by atoms with E-state index in [4.69, 9.17) is 4.84 Å². The van der Waals surface area contributed by atoms with Gasteiger partial charge in [0.25, 0.3) is 5.88 Å². The maximum Gasteiger partial charge on any atom is 0.361 e. The molecule has 0 fully saturated rings. The van der Waals surface area contributed by atoms with E-state index >= 15 is 0 Å². The van der Waals surface area contributed by atoms with Gasteiger partial charge in [0.15, 0.2) is 0 Å². The molecule has 0 atom stereocenters. The minimum atomic E-state index is -0.695. The number of carbonyl (C=O) groups is 1. The maximum absolute atomic E-state index is 11.6. The molecule has 0 aliphatic carbocycles. The second kappa shape index (κ2) is 7.04. The van der Waals surface area contributed by atoms with Crippen LogP contribution in [-0.2, 0) is 14.4 Å². The predicted octanol–water partition coefficient (Wildman–Crippen LogP) is 0.693. The van der Waals surface area contributed by atoms with Crippen molar-refractivity contribution in [1.82, 2.24) is 9.97 Å². The molecule has 0 aliphatic rings. The van der Waals surface area contributed by atoms with Crippen LogP contribution in [0.5, 0.6) is 5.88 Å². The Morgan fingerprint density at radius 2 is 2.16 bits per heavy atom. The van der Waals surface area contributed by atoms with Gasteiger partial charge in [0.05, 0.1) is 12.7 Å². The number of oxime groups is 2. The molecular weight excluding hydrogens is 252 g/mol. The van der Waals surface area contributed by atoms with E-state index in [1.165, 1.54) is 26.6 Å². The Balaban J connectivity index is 3.29. The molecule has 0 saturated carbocycles. The number of hydrogen-bond acceptors (Lipinski definition) is 8. The van der Waals surface area contributed by atoms with Crippen molar-refractivity contribution in [2.24, 2.45) is 10.3 Å². The highest BCUT2D eigenvalue weighted by Gasteiger charge is 2.22. The summed E-state index contributed by atoms with van der Waals surface area (Å²) in [5.74, 6) is -0.141. The van der Waals surface area contributed by atoms with Crippen LogP contribution in [-0.4, -0.2) is 42.1 Å². The molecule has 0 unspecified atom stereocenters. The van der Waals surface area contributed by atoms with Crippen LogP contribution in [0.15, 0.2) is 16.5 Å². The van der Waals surface area contributed by atoms with Gasteiger partial charge in [-0.25, -0.2) is 9.78 Å². The first-order valence-electron chi connectivity index (χ1n) is 5.32. The normalized spacial score (nSPS) is 11.5. The molecule has 8 heteroatoms. The van der Waals surface area contributed by atoms with Crippen LogP contribution in [0.25, 0.3) is 0 Å². The highest BCUT2D eigenvalue weighted by atomic mass is 16.6. The lowest BCUT2D eigenvalue weighted by molar-refractivity contribution is -0.132. The lowest BCUT2D eigenvalue weighted by Gasteiger charge is -2.07. The molecule has 0 spiro atoms. The van der Waals surface area contributed by atoms with Gasteiger partial charge in [-0.15, -0.1) is 0 Å². The third-order valence-corrected chi connectivity index (χ3v) is 1.94. The fraction of sp³-hybridized carbons (Fsp3) is 0.364. The summed E-state index contributed by atoms with van der Waals surface area (Å²) in [6, 6.07) is 0. The molecule has 1 aromatic rings. The number of hydrogen-bond donors (Lipinski definition) is 0. The van der Waals surface area contributed by atoms with Crippen LogP contribution in [0.2, 0.25) is 0 Å². The zero-order valence-electron chi connectivity index (χ0n) is 11.1. The lowest BCUT2D eigenvalue weighted by Crippen LogP contribution is -2.19. The van der Waals surface area contributed by atoms with E-state index in [1.54, 1.807) is 13.8 Å². The summed E-state index contributed by atoms with van der Waals surface area (Å²) >= 11 is 0. The zero-order valence-corrected chi connectivity index (χ0v) is 11.1. The number of esters is 1. The summed E-state index contributed by atoms with van der Waals surface area (Å²) in [6.45, 7) is 3.36. The minimum absolute atomic E-state index is 0.0896. The number of aryl methyl sites for hydroxylation is 1. The minimum Gasteiger partial charge on any atom is -0.464 e. The first-order chi connectivity index (χ1) is 9.13. The van der Waals surface area contributed by atoms with Gasteiger partial charge in [-0.2, -0.15) is 4.98 Å². The first-order valence-corrected chi connectivity index (χ1v) is 5.32. The van der Waals surface area contributed by atoms with Crippen LogP contribution in [0, 0.1) is 6.92 Å². The molecule has 0 radical (unpaired) electrons. The Morgan fingerprint density at radius 3 is 2.74 bits per heavy atom. The van der Waals surface area contributed by atoms with Crippen LogP contribution < -0.4 is 4.84 Å². The predicted molar refractivity (Wildman–Crippen MR) is 67.1 cm³/mol. The van der Waals surface area contributed by atoms with Crippen molar-refractivity contribution in [2.75, 3.05) is 14.2 Å². The number of methoxy groups -OCH3 is 1. The molecule has 0 aromatic carbocycles. The first kappa shape index (κ1) is 14.6. The number of ether oxygens (including phenoxy) is 1. The third-order valence-electron chi connectivity index (χ3n) is 1.94. The van der Waals surface area contributed by atoms with Crippen LogP contribution in [0.3, 0.4) is 0 Å². The van der Waals surface area contributed by atoms with Gasteiger partial charge < -0.3 is 14.4 Å². The highest BCUT2D eigenvalue weighted by Crippen LogP contribution is 2.17. The SMILES string of the molecule is CC=NOc1nc(C)ncc1/C(=N\OC)C(=O)OC. The molecule has 0 N–H and O–H groups in total. The fourth-order valence-electron chi connectivity index (χ4n) is 1.17. The topological polar surface area (TPSA) is 95.3 Å². The third kappa shape index (κ3) is 3.73. The molecule has 0 saturated heterocycles. The standard InChI is InChI=1S/C11H14N4O4/c1-5-13-19-10-8(6-12-7(2)14-10)9(15-18-4)11(16)17-3/h5-6H,1-4H3/b13-5?,15-9+. The van der Waals surface area contributed by atoms with Crippen molar-refractivity contribution in [1.29, 1.82) is 0 Å². The largest absolute Gasteiger partial charge is 0.464 e. The molecule has 19 heavy (non-hydrogen) atoms. The summed E-state index contributed by atoms with van der Waals surface area (Å²) in [6.07, 6.45) is 2.82. The number of rotatable bonds is 5. The average molecular weight is 266 g/mol. The van der Waals surface area contributed by atoms with Crippen LogP contribution in [0.4, 0.5) is 0 Å². The molecule has 1 heterocycles. The Morgan fingerprint density at radius 1 is 1.42 bits per heavy atom. The van der Waals surface area contributed by atoms with Gasteiger partial charge in [-0.3, -0.25) is 0 Å². The molecule has 8 nitrogen and oxygen atoms in total. The van der Waals surface area contributed by atoms with Crippen molar-refractivity contribution in [3.05, 3.63) is 17.6 Å². The Kier molecular flexibility index (Phi) is 5.39. The summed E-state index contributed by atoms with van der Waals surface area (Å²) in [7, 11) is 2.54. The van der Waals surface area contributed by atoms with E-state index in [-0.39, 0.29) is 17.2 Å². The van der Waals surface area contributed by atoms with Crippen molar-refractivity contribution in [2.45, 2.75) is 13.8 Å². The smallest absolute Gasteiger partial charge is 0.361 e. The van der Waals surface area contributed by atoms with Gasteiger partial charge in [0.2, 0.25) is 5.71 Å². The summed E-state index contributed by atoms with van der Waals surface area (Å²) in [5.41, 5.74) is 0.121. The summed E-state index contributed by atoms with van der Waals surface area (Å²) < 4.78 is 4.61. The van der Waals surface area contributed by atoms with Crippen molar-refractivity contribution < 1.29 is 19.2 Å². The highest BCUT2D eigenvalue weighted by molar-refractivity contribution is 6.43. The second-order valence-corrected chi connectivity index (χ2v) is 3.20. The van der Waals surface area contributed by atoms with Crippen molar-refractivity contribution in [3.63, 3.8) is 0 Å². The molecule has 0 bridgehead atoms. The molecule has 1 aromatic heterocycles. The summed E-state index contributed by atoms with van der Waals surface area (Å²) in [5, 5.41) is 7.20. The number of carbonyl (C=O) groups excluding carboxylic acids is 1. The maximum atomic E-state index is 11.6. The van der Waals surface area contributed by atoms with E-state index < -0.39 is 5.97 Å². The van der Waals surface area contributed by atoms with Crippen molar-refractivity contribution in [3.8, 4) is 5.88 Å². The van der Waals surface area contributed by atoms with Gasteiger partial charge in [0.1, 0.15) is 12.9 Å². The quantitative estimate of drug-likeness (QED) is 0.442. The Hall–Kier alpha value is -2.51. The lowest BCUT2D eigenvalue weighted by atomic mass is 10.2. The van der Waals surface area contributed by atoms with Crippen LogP contribution in [0.1, 0.15) is 18.3 Å². The Labute approximate surface area is 110 Å². The van der Waals surface area contributed by atoms with Gasteiger partial charge >= 0.3 is 5.97 Å². The zero-order chi connectivity index (χ0) is 14.3. The molecule has 0 amide bonds. The Bertz CT molecular complexity index is 513. The molecular formula is C11H14N4O4. The van der Waals surface area contributed by atoms with Gasteiger partial charge in [-0.05, 0) is 13.8 Å². The average Bonchev–Trinajstić information content (AvgIpc) is 2.42. The van der Waals surface area contributed by atoms with E-state index in [2.05, 4.69) is 29.9 Å². The fourth-order valence-corrected chi connectivity index (χ4v) is 1.17. The van der Waals surface area contributed by atoms with Gasteiger partial charge in [-0.1, -0.05) is 10.3 Å². The monoisotopic (exact) mass is 266 g/mol. The van der Waals surface area contributed by atoms with E-state index in [0.29, 0.717) is 5.82 Å². The van der Waals surface area contributed by atoms with E-state index in [9.17, 15) is 4.79 Å². The number of nitrogens with zero attached hydrogens (tertiary/aromatic N) is 4. The summed E-state index contributed by atoms with van der Waals surface area (Å²) in [4.78, 5) is 29.3. The number of aromatic nitrogens is 2. The van der Waals surface area contributed by atoms with Crippen molar-refractivity contribution >= 4 is 17.9 Å².